The largest absolute Gasteiger partial charge is 0.394 e. The molecular formula is C12H23N3O3. The van der Waals surface area contributed by atoms with Gasteiger partial charge in [-0.2, -0.15) is 4.98 Å². The van der Waals surface area contributed by atoms with Gasteiger partial charge in [0.25, 0.3) is 0 Å². The summed E-state index contributed by atoms with van der Waals surface area (Å²) >= 11 is 0. The van der Waals surface area contributed by atoms with Gasteiger partial charge >= 0.3 is 0 Å². The molecule has 0 aliphatic rings. The molecule has 0 saturated heterocycles. The summed E-state index contributed by atoms with van der Waals surface area (Å²) < 4.78 is 10.4. The maximum Gasteiger partial charge on any atom is 0.240 e. The highest BCUT2D eigenvalue weighted by atomic mass is 16.5. The van der Waals surface area contributed by atoms with E-state index in [1.54, 1.807) is 0 Å². The van der Waals surface area contributed by atoms with E-state index in [1.165, 1.54) is 0 Å². The smallest absolute Gasteiger partial charge is 0.240 e. The molecule has 0 aliphatic heterocycles. The van der Waals surface area contributed by atoms with Gasteiger partial charge in [-0.05, 0) is 13.0 Å². The van der Waals surface area contributed by atoms with Crippen LogP contribution in [-0.4, -0.2) is 53.6 Å². The molecule has 0 spiro atoms. The molecule has 6 nitrogen and oxygen atoms in total. The van der Waals surface area contributed by atoms with E-state index >= 15 is 0 Å². The Bertz CT molecular complexity index is 328. The van der Waals surface area contributed by atoms with Crippen LogP contribution in [0.4, 0.5) is 0 Å². The summed E-state index contributed by atoms with van der Waals surface area (Å²) in [6, 6.07) is 0. The van der Waals surface area contributed by atoms with E-state index in [4.69, 9.17) is 14.4 Å². The van der Waals surface area contributed by atoms with Crippen molar-refractivity contribution < 1.29 is 14.4 Å². The first kappa shape index (κ1) is 15.1. The van der Waals surface area contributed by atoms with E-state index in [0.717, 1.165) is 18.8 Å². The molecule has 18 heavy (non-hydrogen) atoms. The molecule has 1 N–H and O–H groups in total. The van der Waals surface area contributed by atoms with Crippen molar-refractivity contribution in [1.29, 1.82) is 0 Å². The lowest BCUT2D eigenvalue weighted by Gasteiger charge is -2.13. The van der Waals surface area contributed by atoms with Gasteiger partial charge in [0.15, 0.2) is 5.82 Å². The van der Waals surface area contributed by atoms with Crippen molar-refractivity contribution in [3.05, 3.63) is 11.7 Å². The van der Waals surface area contributed by atoms with Crippen molar-refractivity contribution in [2.24, 2.45) is 5.92 Å². The highest BCUT2D eigenvalue weighted by Crippen LogP contribution is 2.06. The van der Waals surface area contributed by atoms with Gasteiger partial charge in [0.05, 0.1) is 26.4 Å². The Labute approximate surface area is 108 Å². The lowest BCUT2D eigenvalue weighted by molar-refractivity contribution is 0.0755. The minimum absolute atomic E-state index is 0.0614. The van der Waals surface area contributed by atoms with Crippen LogP contribution >= 0.6 is 0 Å². The van der Waals surface area contributed by atoms with E-state index in [2.05, 4.69) is 24.0 Å². The van der Waals surface area contributed by atoms with Gasteiger partial charge in [-0.1, -0.05) is 19.0 Å². The minimum atomic E-state index is 0.0614. The van der Waals surface area contributed by atoms with E-state index in [0.29, 0.717) is 31.6 Å². The number of aromatic nitrogens is 2. The molecule has 0 unspecified atom stereocenters. The Morgan fingerprint density at radius 2 is 2.17 bits per heavy atom. The molecule has 1 aromatic rings. The van der Waals surface area contributed by atoms with Gasteiger partial charge in [0.2, 0.25) is 5.89 Å². The van der Waals surface area contributed by atoms with Gasteiger partial charge in [-0.3, -0.25) is 4.90 Å². The third-order valence-corrected chi connectivity index (χ3v) is 2.36. The van der Waals surface area contributed by atoms with Gasteiger partial charge in [-0.25, -0.2) is 0 Å². The number of ether oxygens (including phenoxy) is 1. The number of aliphatic hydroxyl groups is 1. The fraction of sp³-hybridized carbons (Fsp3) is 0.833. The first-order valence-electron chi connectivity index (χ1n) is 6.30. The number of hydrogen-bond acceptors (Lipinski definition) is 6. The first-order valence-corrected chi connectivity index (χ1v) is 6.30. The molecule has 6 heteroatoms. The van der Waals surface area contributed by atoms with E-state index in [9.17, 15) is 0 Å². The molecule has 104 valence electrons. The van der Waals surface area contributed by atoms with Gasteiger partial charge in [-0.15, -0.1) is 0 Å². The van der Waals surface area contributed by atoms with Crippen LogP contribution in [0, 0.1) is 5.92 Å². The van der Waals surface area contributed by atoms with Crippen LogP contribution in [0.2, 0.25) is 0 Å². The summed E-state index contributed by atoms with van der Waals surface area (Å²) in [6.07, 6.45) is 0.840. The summed E-state index contributed by atoms with van der Waals surface area (Å²) in [7, 11) is 1.97. The molecule has 0 aliphatic carbocycles. The average molecular weight is 257 g/mol. The molecule has 0 fully saturated rings. The summed E-state index contributed by atoms with van der Waals surface area (Å²) in [5.74, 6) is 1.93. The molecule has 1 rings (SSSR count). The van der Waals surface area contributed by atoms with Crippen LogP contribution in [0.25, 0.3) is 0 Å². The Hall–Kier alpha value is -0.980. The molecule has 0 radical (unpaired) electrons. The Kier molecular flexibility index (Phi) is 6.85. The fourth-order valence-electron chi connectivity index (χ4n) is 1.50. The zero-order chi connectivity index (χ0) is 13.4. The fourth-order valence-corrected chi connectivity index (χ4v) is 1.50. The van der Waals surface area contributed by atoms with Crippen LogP contribution in [0.3, 0.4) is 0 Å². The predicted molar refractivity (Wildman–Crippen MR) is 67.1 cm³/mol. The number of hydrogen-bond donors (Lipinski definition) is 1. The van der Waals surface area contributed by atoms with E-state index in [1.807, 2.05) is 11.9 Å². The highest BCUT2D eigenvalue weighted by molar-refractivity contribution is 4.87. The van der Waals surface area contributed by atoms with Crippen molar-refractivity contribution >= 4 is 0 Å². The zero-order valence-electron chi connectivity index (χ0n) is 11.4. The van der Waals surface area contributed by atoms with Gasteiger partial charge in [0.1, 0.15) is 0 Å². The molecule has 0 saturated carbocycles. The SMILES string of the molecule is CC(C)Cc1noc(CN(C)CCOCCO)n1. The summed E-state index contributed by atoms with van der Waals surface area (Å²) in [5, 5.41) is 12.5. The minimum Gasteiger partial charge on any atom is -0.394 e. The average Bonchev–Trinajstić information content (AvgIpc) is 2.71. The molecule has 0 bridgehead atoms. The molecule has 1 aromatic heterocycles. The van der Waals surface area contributed by atoms with E-state index in [-0.39, 0.29) is 6.61 Å². The monoisotopic (exact) mass is 257 g/mol. The number of nitrogens with zero attached hydrogens (tertiary/aromatic N) is 3. The third kappa shape index (κ3) is 6.09. The summed E-state index contributed by atoms with van der Waals surface area (Å²) in [6.45, 7) is 6.67. The van der Waals surface area contributed by atoms with Crippen molar-refractivity contribution in [3.8, 4) is 0 Å². The van der Waals surface area contributed by atoms with Crippen LogP contribution < -0.4 is 0 Å². The van der Waals surface area contributed by atoms with Crippen molar-refractivity contribution in [2.75, 3.05) is 33.4 Å². The summed E-state index contributed by atoms with van der Waals surface area (Å²) in [5.41, 5.74) is 0. The normalized spacial score (nSPS) is 11.7. The van der Waals surface area contributed by atoms with Gasteiger partial charge in [0, 0.05) is 13.0 Å². The second-order valence-corrected chi connectivity index (χ2v) is 4.78. The topological polar surface area (TPSA) is 71.6 Å². The summed E-state index contributed by atoms with van der Waals surface area (Å²) in [4.78, 5) is 6.38. The zero-order valence-corrected chi connectivity index (χ0v) is 11.4. The van der Waals surface area contributed by atoms with Crippen molar-refractivity contribution in [1.82, 2.24) is 15.0 Å². The second kappa shape index (κ2) is 8.18. The Balaban J connectivity index is 2.26. The maximum atomic E-state index is 8.57. The van der Waals surface area contributed by atoms with Gasteiger partial charge < -0.3 is 14.4 Å². The lowest BCUT2D eigenvalue weighted by atomic mass is 10.1. The third-order valence-electron chi connectivity index (χ3n) is 2.36. The molecular weight excluding hydrogens is 234 g/mol. The van der Waals surface area contributed by atoms with Crippen LogP contribution in [0.5, 0.6) is 0 Å². The predicted octanol–water partition coefficient (Wildman–Crippen LogP) is 0.709. The maximum absolute atomic E-state index is 8.57. The standard InChI is InChI=1S/C12H23N3O3/c1-10(2)8-11-13-12(18-14-11)9-15(3)4-6-17-7-5-16/h10,16H,4-9H2,1-3H3. The molecule has 0 aromatic carbocycles. The quantitative estimate of drug-likeness (QED) is 0.657. The number of likely N-dealkylation sites (N-methyl/N-ethyl adjacent to an activating group) is 1. The number of rotatable bonds is 9. The van der Waals surface area contributed by atoms with Crippen molar-refractivity contribution in [3.63, 3.8) is 0 Å². The van der Waals surface area contributed by atoms with Crippen LogP contribution in [0.1, 0.15) is 25.6 Å². The Morgan fingerprint density at radius 1 is 1.39 bits per heavy atom. The first-order chi connectivity index (χ1) is 8.61. The van der Waals surface area contributed by atoms with Crippen LogP contribution in [0.15, 0.2) is 4.52 Å². The lowest BCUT2D eigenvalue weighted by Crippen LogP contribution is -2.23. The second-order valence-electron chi connectivity index (χ2n) is 4.78. The number of aliphatic hydroxyl groups excluding tert-OH is 1. The van der Waals surface area contributed by atoms with Crippen LogP contribution in [-0.2, 0) is 17.7 Å². The molecule has 1 heterocycles. The Morgan fingerprint density at radius 3 is 2.83 bits per heavy atom. The molecule has 0 atom stereocenters. The van der Waals surface area contributed by atoms with Crippen molar-refractivity contribution in [2.45, 2.75) is 26.8 Å². The molecule has 0 amide bonds. The highest BCUT2D eigenvalue weighted by Gasteiger charge is 2.10. The van der Waals surface area contributed by atoms with E-state index < -0.39 is 0 Å².